The number of aromatic amines is 1. The van der Waals surface area contributed by atoms with Crippen LogP contribution in [0, 0.1) is 10.1 Å². The lowest BCUT2D eigenvalue weighted by atomic mass is 10.3. The van der Waals surface area contributed by atoms with E-state index in [1.54, 1.807) is 11.7 Å². The Morgan fingerprint density at radius 2 is 2.33 bits per heavy atom. The molecule has 2 rings (SSSR count). The first-order valence-corrected chi connectivity index (χ1v) is 6.88. The zero-order chi connectivity index (χ0) is 15.6. The topological polar surface area (TPSA) is 110 Å². The van der Waals surface area contributed by atoms with E-state index in [1.165, 1.54) is 4.90 Å². The molecule has 1 N–H and O–H groups in total. The third kappa shape index (κ3) is 3.10. The molecule has 0 fully saturated rings. The van der Waals surface area contributed by atoms with Crippen molar-refractivity contribution in [2.45, 2.75) is 20.0 Å². The molecule has 0 bridgehead atoms. The van der Waals surface area contributed by atoms with Gasteiger partial charge in [0.15, 0.2) is 0 Å². The van der Waals surface area contributed by atoms with Gasteiger partial charge in [-0.2, -0.15) is 10.2 Å². The van der Waals surface area contributed by atoms with Gasteiger partial charge in [-0.15, -0.1) is 0 Å². The van der Waals surface area contributed by atoms with Gasteiger partial charge in [-0.1, -0.05) is 0 Å². The standard InChI is InChI=1S/C11H13BrN6O3/c1-3-17-5-7(12)8(15-17)6-16(2)11(19)10-9(18(20)21)4-13-14-10/h4-5H,3,6H2,1-2H3,(H,13,14). The number of aryl methyl sites for hydroxylation is 1. The zero-order valence-electron chi connectivity index (χ0n) is 11.4. The van der Waals surface area contributed by atoms with Crippen LogP contribution in [0.4, 0.5) is 5.69 Å². The minimum absolute atomic E-state index is 0.145. The van der Waals surface area contributed by atoms with Gasteiger partial charge in [-0.3, -0.25) is 24.7 Å². The van der Waals surface area contributed by atoms with E-state index in [-0.39, 0.29) is 17.9 Å². The number of halogens is 1. The Hall–Kier alpha value is -2.23. The first-order valence-electron chi connectivity index (χ1n) is 6.09. The molecule has 1 amide bonds. The van der Waals surface area contributed by atoms with Gasteiger partial charge in [0.2, 0.25) is 5.69 Å². The summed E-state index contributed by atoms with van der Waals surface area (Å²) in [5.74, 6) is -0.517. The summed E-state index contributed by atoms with van der Waals surface area (Å²) in [6.45, 7) is 2.89. The molecule has 0 aliphatic carbocycles. The SMILES string of the molecule is CCn1cc(Br)c(CN(C)C(=O)c2[nH]ncc2[N+](=O)[O-])n1. The molecule has 10 heteroatoms. The molecule has 0 saturated heterocycles. The molecular weight excluding hydrogens is 344 g/mol. The third-order valence-corrected chi connectivity index (χ3v) is 3.54. The molecule has 0 aliphatic heterocycles. The van der Waals surface area contributed by atoms with Crippen LogP contribution >= 0.6 is 15.9 Å². The van der Waals surface area contributed by atoms with Crippen molar-refractivity contribution in [3.05, 3.63) is 38.4 Å². The summed E-state index contributed by atoms with van der Waals surface area (Å²) in [4.78, 5) is 23.7. The first-order chi connectivity index (χ1) is 9.93. The minimum Gasteiger partial charge on any atom is -0.334 e. The summed E-state index contributed by atoms with van der Waals surface area (Å²) in [5.41, 5.74) is 0.188. The lowest BCUT2D eigenvalue weighted by Gasteiger charge is -2.14. The number of nitrogens with one attached hydrogen (secondary N) is 1. The third-order valence-electron chi connectivity index (χ3n) is 2.87. The molecule has 21 heavy (non-hydrogen) atoms. The number of hydrogen-bond acceptors (Lipinski definition) is 5. The highest BCUT2D eigenvalue weighted by Crippen LogP contribution is 2.20. The van der Waals surface area contributed by atoms with Crippen molar-refractivity contribution in [3.63, 3.8) is 0 Å². The Balaban J connectivity index is 2.17. The molecule has 9 nitrogen and oxygen atoms in total. The Morgan fingerprint density at radius 3 is 2.90 bits per heavy atom. The second kappa shape index (κ2) is 6.04. The van der Waals surface area contributed by atoms with Crippen molar-refractivity contribution in [3.8, 4) is 0 Å². The minimum atomic E-state index is -0.647. The van der Waals surface area contributed by atoms with Gasteiger partial charge in [-0.05, 0) is 22.9 Å². The van der Waals surface area contributed by atoms with Crippen molar-refractivity contribution >= 4 is 27.5 Å². The highest BCUT2D eigenvalue weighted by atomic mass is 79.9. The van der Waals surface area contributed by atoms with Crippen LogP contribution in [-0.2, 0) is 13.1 Å². The molecule has 0 aromatic carbocycles. The normalized spacial score (nSPS) is 10.6. The fourth-order valence-electron chi connectivity index (χ4n) is 1.77. The van der Waals surface area contributed by atoms with E-state index in [2.05, 4.69) is 31.2 Å². The molecule has 112 valence electrons. The van der Waals surface area contributed by atoms with Crippen molar-refractivity contribution in [2.75, 3.05) is 7.05 Å². The maximum atomic E-state index is 12.2. The van der Waals surface area contributed by atoms with Crippen molar-refractivity contribution in [1.29, 1.82) is 0 Å². The maximum absolute atomic E-state index is 12.2. The second-order valence-electron chi connectivity index (χ2n) is 4.33. The molecule has 0 saturated carbocycles. The van der Waals surface area contributed by atoms with Gasteiger partial charge in [0.25, 0.3) is 5.91 Å². The fraction of sp³-hybridized carbons (Fsp3) is 0.364. The molecule has 0 atom stereocenters. The molecule has 0 unspecified atom stereocenters. The van der Waals surface area contributed by atoms with Gasteiger partial charge in [0.05, 0.1) is 21.6 Å². The highest BCUT2D eigenvalue weighted by Gasteiger charge is 2.26. The lowest BCUT2D eigenvalue weighted by Crippen LogP contribution is -2.27. The smallest absolute Gasteiger partial charge is 0.319 e. The van der Waals surface area contributed by atoms with Crippen LogP contribution in [-0.4, -0.2) is 42.8 Å². The molecule has 2 aromatic rings. The summed E-state index contributed by atoms with van der Waals surface area (Å²) in [5, 5.41) is 21.0. The number of H-pyrrole nitrogens is 1. The largest absolute Gasteiger partial charge is 0.334 e. The average Bonchev–Trinajstić information content (AvgIpc) is 3.05. The highest BCUT2D eigenvalue weighted by molar-refractivity contribution is 9.10. The quantitative estimate of drug-likeness (QED) is 0.645. The summed E-state index contributed by atoms with van der Waals surface area (Å²) in [6, 6.07) is 0. The predicted octanol–water partition coefficient (Wildman–Crippen LogP) is 1.57. The van der Waals surface area contributed by atoms with Crippen molar-refractivity contribution in [2.24, 2.45) is 0 Å². The van der Waals surface area contributed by atoms with E-state index < -0.39 is 10.8 Å². The summed E-state index contributed by atoms with van der Waals surface area (Å²) >= 11 is 3.37. The van der Waals surface area contributed by atoms with E-state index in [1.807, 2.05) is 13.1 Å². The molecule has 0 radical (unpaired) electrons. The van der Waals surface area contributed by atoms with E-state index >= 15 is 0 Å². The number of rotatable bonds is 5. The number of carbonyl (C=O) groups is 1. The van der Waals surface area contributed by atoms with Crippen LogP contribution in [0.1, 0.15) is 23.1 Å². The number of nitrogens with zero attached hydrogens (tertiary/aromatic N) is 5. The van der Waals surface area contributed by atoms with Gasteiger partial charge >= 0.3 is 5.69 Å². The van der Waals surface area contributed by atoms with Crippen LogP contribution < -0.4 is 0 Å². The fourth-order valence-corrected chi connectivity index (χ4v) is 2.21. The summed E-state index contributed by atoms with van der Waals surface area (Å²) in [7, 11) is 1.55. The number of aromatic nitrogens is 4. The van der Waals surface area contributed by atoms with Crippen LogP contribution in [0.5, 0.6) is 0 Å². The van der Waals surface area contributed by atoms with Gasteiger partial charge in [0.1, 0.15) is 6.20 Å². The predicted molar refractivity (Wildman–Crippen MR) is 76.6 cm³/mol. The number of carbonyl (C=O) groups excluding carboxylic acids is 1. The monoisotopic (exact) mass is 356 g/mol. The van der Waals surface area contributed by atoms with E-state index in [0.29, 0.717) is 12.2 Å². The average molecular weight is 357 g/mol. The maximum Gasteiger partial charge on any atom is 0.319 e. The molecule has 2 heterocycles. The van der Waals surface area contributed by atoms with E-state index in [4.69, 9.17) is 0 Å². The van der Waals surface area contributed by atoms with Crippen molar-refractivity contribution < 1.29 is 9.72 Å². The molecule has 0 aliphatic rings. The number of nitro groups is 1. The second-order valence-corrected chi connectivity index (χ2v) is 5.18. The molecular formula is C11H13BrN6O3. The lowest BCUT2D eigenvalue weighted by molar-refractivity contribution is -0.385. The van der Waals surface area contributed by atoms with Gasteiger partial charge < -0.3 is 4.90 Å². The van der Waals surface area contributed by atoms with E-state index in [9.17, 15) is 14.9 Å². The van der Waals surface area contributed by atoms with E-state index in [0.717, 1.165) is 10.7 Å². The van der Waals surface area contributed by atoms with Crippen LogP contribution in [0.25, 0.3) is 0 Å². The van der Waals surface area contributed by atoms with Crippen LogP contribution in [0.2, 0.25) is 0 Å². The summed E-state index contributed by atoms with van der Waals surface area (Å²) in [6.07, 6.45) is 2.83. The number of hydrogen-bond donors (Lipinski definition) is 1. The Bertz CT molecular complexity index is 679. The Kier molecular flexibility index (Phi) is 4.36. The Morgan fingerprint density at radius 1 is 1.62 bits per heavy atom. The van der Waals surface area contributed by atoms with Crippen LogP contribution in [0.3, 0.4) is 0 Å². The first kappa shape index (κ1) is 15.2. The molecule has 0 spiro atoms. The van der Waals surface area contributed by atoms with Gasteiger partial charge in [-0.25, -0.2) is 0 Å². The van der Waals surface area contributed by atoms with Crippen LogP contribution in [0.15, 0.2) is 16.9 Å². The number of amides is 1. The van der Waals surface area contributed by atoms with Crippen molar-refractivity contribution in [1.82, 2.24) is 24.9 Å². The zero-order valence-corrected chi connectivity index (χ0v) is 13.0. The van der Waals surface area contributed by atoms with Gasteiger partial charge in [0, 0.05) is 19.8 Å². The summed E-state index contributed by atoms with van der Waals surface area (Å²) < 4.78 is 2.51. The Labute approximate surface area is 128 Å². The molecule has 2 aromatic heterocycles.